The van der Waals surface area contributed by atoms with Gasteiger partial charge in [-0.05, 0) is 33.6 Å². The summed E-state index contributed by atoms with van der Waals surface area (Å²) in [5.74, 6) is -2.21. The van der Waals surface area contributed by atoms with Crippen LogP contribution in [-0.2, 0) is 19.1 Å². The Balaban J connectivity index is 4.32. The minimum Gasteiger partial charge on any atom is -0.479 e. The number of aliphatic carboxylic acids is 1. The molecule has 8 nitrogen and oxygen atoms in total. The summed E-state index contributed by atoms with van der Waals surface area (Å²) < 4.78 is 10.1. The van der Waals surface area contributed by atoms with Crippen LogP contribution in [0.1, 0.15) is 79.1 Å². The van der Waals surface area contributed by atoms with E-state index in [0.717, 1.165) is 32.1 Å². The van der Waals surface area contributed by atoms with Gasteiger partial charge in [0.25, 0.3) is 0 Å². The summed E-state index contributed by atoms with van der Waals surface area (Å²) in [7, 11) is 1.49. The van der Waals surface area contributed by atoms with Gasteiger partial charge in [-0.1, -0.05) is 39.0 Å². The number of aliphatic hydroxyl groups is 1. The molecule has 1 amide bonds. The van der Waals surface area contributed by atoms with Crippen molar-refractivity contribution in [1.29, 1.82) is 0 Å². The second-order valence-corrected chi connectivity index (χ2v) is 8.03. The van der Waals surface area contributed by atoms with E-state index in [-0.39, 0.29) is 19.4 Å². The Morgan fingerprint density at radius 3 is 2.11 bits per heavy atom. The van der Waals surface area contributed by atoms with E-state index in [4.69, 9.17) is 9.47 Å². The molecular weight excluding hydrogens is 366 g/mol. The molecule has 164 valence electrons. The van der Waals surface area contributed by atoms with Gasteiger partial charge in [-0.15, -0.1) is 0 Å². The number of carboxylic acids is 1. The summed E-state index contributed by atoms with van der Waals surface area (Å²) >= 11 is 0. The van der Waals surface area contributed by atoms with Crippen molar-refractivity contribution in [1.82, 2.24) is 4.90 Å². The van der Waals surface area contributed by atoms with Crippen LogP contribution in [-0.4, -0.2) is 64.5 Å². The number of hydrogen-bond acceptors (Lipinski definition) is 6. The Hall–Kier alpha value is -1.83. The average molecular weight is 404 g/mol. The van der Waals surface area contributed by atoms with E-state index in [1.165, 1.54) is 11.9 Å². The summed E-state index contributed by atoms with van der Waals surface area (Å²) in [5.41, 5.74) is -0.645. The van der Waals surface area contributed by atoms with E-state index >= 15 is 0 Å². The predicted octanol–water partition coefficient (Wildman–Crippen LogP) is 3.35. The molecule has 2 unspecified atom stereocenters. The Bertz CT molecular complexity index is 487. The highest BCUT2D eigenvalue weighted by Gasteiger charge is 2.27. The minimum absolute atomic E-state index is 0.0698. The molecule has 0 aromatic heterocycles. The Morgan fingerprint density at radius 1 is 1.00 bits per heavy atom. The second kappa shape index (κ2) is 13.4. The van der Waals surface area contributed by atoms with Crippen molar-refractivity contribution < 1.29 is 34.1 Å². The molecule has 0 rings (SSSR count). The quantitative estimate of drug-likeness (QED) is 0.358. The number of hydrogen-bond donors (Lipinski definition) is 2. The highest BCUT2D eigenvalue weighted by Crippen LogP contribution is 2.13. The third-order valence-electron chi connectivity index (χ3n) is 4.07. The zero-order valence-electron chi connectivity index (χ0n) is 17.9. The zero-order chi connectivity index (χ0) is 21.7. The summed E-state index contributed by atoms with van der Waals surface area (Å²) in [6, 6.07) is 0. The molecule has 0 aliphatic rings. The van der Waals surface area contributed by atoms with Crippen LogP contribution in [0.2, 0.25) is 0 Å². The smallest absolute Gasteiger partial charge is 0.410 e. The number of esters is 1. The second-order valence-electron chi connectivity index (χ2n) is 8.03. The number of carbonyl (C=O) groups is 3. The summed E-state index contributed by atoms with van der Waals surface area (Å²) in [5, 5.41) is 19.1. The Morgan fingerprint density at radius 2 is 1.57 bits per heavy atom. The lowest BCUT2D eigenvalue weighted by Crippen LogP contribution is -2.38. The van der Waals surface area contributed by atoms with Gasteiger partial charge in [0.2, 0.25) is 0 Å². The fraction of sp³-hybridized carbons (Fsp3) is 0.850. The van der Waals surface area contributed by atoms with Gasteiger partial charge in [-0.2, -0.15) is 0 Å². The molecule has 0 heterocycles. The number of nitrogens with zero attached hydrogens (tertiary/aromatic N) is 1. The topological polar surface area (TPSA) is 113 Å². The van der Waals surface area contributed by atoms with Crippen molar-refractivity contribution in [2.45, 2.75) is 96.9 Å². The van der Waals surface area contributed by atoms with Crippen LogP contribution >= 0.6 is 0 Å². The molecule has 2 N–H and O–H groups in total. The SMILES string of the molecule is CCCCCCCCC(OC(=O)C(O)CCN(C)C(=O)OC(C)(C)C)C(=O)O. The molecule has 0 fully saturated rings. The van der Waals surface area contributed by atoms with Crippen LogP contribution in [0, 0.1) is 0 Å². The molecule has 0 spiro atoms. The van der Waals surface area contributed by atoms with Crippen molar-refractivity contribution in [2.24, 2.45) is 0 Å². The van der Waals surface area contributed by atoms with Gasteiger partial charge >= 0.3 is 18.0 Å². The standard InChI is InChI=1S/C20H37NO7/c1-6-7-8-9-10-11-12-16(17(23)24)27-18(25)15(22)13-14-21(5)19(26)28-20(2,3)4/h15-16,22H,6-14H2,1-5H3,(H,23,24). The van der Waals surface area contributed by atoms with Crippen LogP contribution in [0.25, 0.3) is 0 Å². The van der Waals surface area contributed by atoms with E-state index in [9.17, 15) is 24.6 Å². The number of rotatable bonds is 13. The first kappa shape index (κ1) is 26.2. The van der Waals surface area contributed by atoms with E-state index in [2.05, 4.69) is 6.92 Å². The van der Waals surface area contributed by atoms with Crippen molar-refractivity contribution in [3.05, 3.63) is 0 Å². The van der Waals surface area contributed by atoms with Crippen LogP contribution in [0.15, 0.2) is 0 Å². The van der Waals surface area contributed by atoms with Crippen molar-refractivity contribution in [3.63, 3.8) is 0 Å². The summed E-state index contributed by atoms with van der Waals surface area (Å²) in [6.45, 7) is 7.40. The first-order valence-corrected chi connectivity index (χ1v) is 10.0. The van der Waals surface area contributed by atoms with Gasteiger partial charge in [0.15, 0.2) is 12.2 Å². The normalized spacial score (nSPS) is 13.5. The van der Waals surface area contributed by atoms with Crippen molar-refractivity contribution >= 4 is 18.0 Å². The lowest BCUT2D eigenvalue weighted by Gasteiger charge is -2.25. The molecule has 0 saturated carbocycles. The summed E-state index contributed by atoms with van der Waals surface area (Å²) in [4.78, 5) is 36.3. The highest BCUT2D eigenvalue weighted by molar-refractivity contribution is 5.80. The van der Waals surface area contributed by atoms with Gasteiger partial charge in [0, 0.05) is 20.0 Å². The average Bonchev–Trinajstić information content (AvgIpc) is 2.59. The molecule has 0 aromatic carbocycles. The fourth-order valence-corrected chi connectivity index (χ4v) is 2.43. The Labute approximate surface area is 168 Å². The lowest BCUT2D eigenvalue weighted by atomic mass is 10.1. The molecule has 0 radical (unpaired) electrons. The molecule has 28 heavy (non-hydrogen) atoms. The van der Waals surface area contributed by atoms with E-state index in [1.54, 1.807) is 20.8 Å². The first-order valence-electron chi connectivity index (χ1n) is 10.0. The maximum Gasteiger partial charge on any atom is 0.410 e. The third kappa shape index (κ3) is 12.5. The zero-order valence-corrected chi connectivity index (χ0v) is 17.9. The third-order valence-corrected chi connectivity index (χ3v) is 4.07. The molecule has 0 saturated heterocycles. The number of carboxylic acid groups (broad SMARTS) is 1. The lowest BCUT2D eigenvalue weighted by molar-refractivity contribution is -0.171. The highest BCUT2D eigenvalue weighted by atomic mass is 16.6. The number of ether oxygens (including phenoxy) is 2. The first-order chi connectivity index (χ1) is 13.0. The summed E-state index contributed by atoms with van der Waals surface area (Å²) in [6.07, 6.45) is 2.75. The maximum atomic E-state index is 12.0. The van der Waals surface area contributed by atoms with E-state index < -0.39 is 35.8 Å². The van der Waals surface area contributed by atoms with Gasteiger partial charge in [0.05, 0.1) is 0 Å². The minimum atomic E-state index is -1.50. The van der Waals surface area contributed by atoms with Gasteiger partial charge < -0.3 is 24.6 Å². The van der Waals surface area contributed by atoms with Crippen LogP contribution in [0.3, 0.4) is 0 Å². The number of amides is 1. The van der Waals surface area contributed by atoms with Crippen molar-refractivity contribution in [2.75, 3.05) is 13.6 Å². The molecule has 0 aliphatic heterocycles. The maximum absolute atomic E-state index is 12.0. The van der Waals surface area contributed by atoms with Crippen LogP contribution in [0.5, 0.6) is 0 Å². The number of unbranched alkanes of at least 4 members (excludes halogenated alkanes) is 5. The van der Waals surface area contributed by atoms with Crippen LogP contribution < -0.4 is 0 Å². The molecule has 0 aliphatic carbocycles. The van der Waals surface area contributed by atoms with Crippen molar-refractivity contribution in [3.8, 4) is 0 Å². The molecule has 8 heteroatoms. The number of aliphatic hydroxyl groups excluding tert-OH is 1. The van der Waals surface area contributed by atoms with Gasteiger partial charge in [-0.25, -0.2) is 14.4 Å². The molecule has 0 aromatic rings. The molecule has 2 atom stereocenters. The van der Waals surface area contributed by atoms with E-state index in [1.807, 2.05) is 0 Å². The molecular formula is C20H37NO7. The van der Waals surface area contributed by atoms with Gasteiger partial charge in [-0.3, -0.25) is 0 Å². The Kier molecular flexibility index (Phi) is 12.5. The number of carbonyl (C=O) groups excluding carboxylic acids is 2. The van der Waals surface area contributed by atoms with Gasteiger partial charge in [0.1, 0.15) is 5.60 Å². The molecule has 0 bridgehead atoms. The van der Waals surface area contributed by atoms with Crippen LogP contribution in [0.4, 0.5) is 4.79 Å². The van der Waals surface area contributed by atoms with E-state index in [0.29, 0.717) is 6.42 Å². The predicted molar refractivity (Wildman–Crippen MR) is 105 cm³/mol. The largest absolute Gasteiger partial charge is 0.479 e. The fourth-order valence-electron chi connectivity index (χ4n) is 2.43. The monoisotopic (exact) mass is 403 g/mol.